The first-order valence-electron chi connectivity index (χ1n) is 5.55. The van der Waals surface area contributed by atoms with E-state index in [-0.39, 0.29) is 5.69 Å². The van der Waals surface area contributed by atoms with Gasteiger partial charge < -0.3 is 0 Å². The smallest absolute Gasteiger partial charge is 0.272 e. The number of benzene rings is 2. The molecular weight excluding hydrogens is 301 g/mol. The van der Waals surface area contributed by atoms with E-state index < -0.39 is 4.92 Å². The number of para-hydroxylation sites is 2. The van der Waals surface area contributed by atoms with Crippen molar-refractivity contribution in [1.82, 2.24) is 0 Å². The van der Waals surface area contributed by atoms with Crippen LogP contribution in [0, 0.1) is 10.1 Å². The zero-order valence-electron chi connectivity index (χ0n) is 10.1. The molecule has 1 N–H and O–H groups in total. The van der Waals surface area contributed by atoms with Gasteiger partial charge in [0.15, 0.2) is 0 Å². The summed E-state index contributed by atoms with van der Waals surface area (Å²) < 4.78 is 0. The van der Waals surface area contributed by atoms with Crippen LogP contribution in [0.25, 0.3) is 0 Å². The van der Waals surface area contributed by atoms with Crippen LogP contribution in [0.1, 0.15) is 5.56 Å². The SMILES string of the molecule is O=[N+]([O-])c1ccccc1NN=Cc1ccc(Cl)cc1Cl. The molecule has 7 heteroatoms. The summed E-state index contributed by atoms with van der Waals surface area (Å²) in [4.78, 5) is 10.3. The Balaban J connectivity index is 2.16. The minimum absolute atomic E-state index is 0.0492. The molecular formula is C13H9Cl2N3O2. The molecule has 20 heavy (non-hydrogen) atoms. The number of nitrogens with one attached hydrogen (secondary N) is 1. The predicted molar refractivity (Wildman–Crippen MR) is 80.8 cm³/mol. The molecule has 0 spiro atoms. The monoisotopic (exact) mass is 309 g/mol. The van der Waals surface area contributed by atoms with Crippen LogP contribution in [0.15, 0.2) is 47.6 Å². The Labute approximate surface area is 125 Å². The van der Waals surface area contributed by atoms with E-state index >= 15 is 0 Å². The Morgan fingerprint density at radius 3 is 2.65 bits per heavy atom. The van der Waals surface area contributed by atoms with E-state index in [1.807, 2.05) is 0 Å². The number of rotatable bonds is 4. The maximum atomic E-state index is 10.8. The maximum Gasteiger partial charge on any atom is 0.294 e. The van der Waals surface area contributed by atoms with Crippen LogP contribution < -0.4 is 5.43 Å². The van der Waals surface area contributed by atoms with Gasteiger partial charge in [-0.15, -0.1) is 0 Å². The number of nitro benzene ring substituents is 1. The largest absolute Gasteiger partial charge is 0.294 e. The van der Waals surface area contributed by atoms with Crippen molar-refractivity contribution in [3.63, 3.8) is 0 Å². The number of nitrogens with zero attached hydrogens (tertiary/aromatic N) is 2. The molecule has 0 unspecified atom stereocenters. The molecule has 5 nitrogen and oxygen atoms in total. The molecule has 0 bridgehead atoms. The van der Waals surface area contributed by atoms with Gasteiger partial charge in [0.2, 0.25) is 0 Å². The Hall–Kier alpha value is -2.11. The molecule has 0 aliphatic carbocycles. The van der Waals surface area contributed by atoms with Gasteiger partial charge in [-0.05, 0) is 18.2 Å². The van der Waals surface area contributed by atoms with Gasteiger partial charge in [0.05, 0.1) is 16.2 Å². The van der Waals surface area contributed by atoms with Crippen molar-refractivity contribution in [2.45, 2.75) is 0 Å². The van der Waals surface area contributed by atoms with E-state index in [9.17, 15) is 10.1 Å². The summed E-state index contributed by atoms with van der Waals surface area (Å²) in [5.74, 6) is 0. The van der Waals surface area contributed by atoms with Gasteiger partial charge in [-0.1, -0.05) is 41.4 Å². The van der Waals surface area contributed by atoms with E-state index in [0.717, 1.165) is 0 Å². The second kappa shape index (κ2) is 6.36. The van der Waals surface area contributed by atoms with Gasteiger partial charge in [0.1, 0.15) is 5.69 Å². The van der Waals surface area contributed by atoms with Crippen molar-refractivity contribution in [3.8, 4) is 0 Å². The Bertz CT molecular complexity index is 674. The van der Waals surface area contributed by atoms with Gasteiger partial charge in [0.25, 0.3) is 5.69 Å². The van der Waals surface area contributed by atoms with Crippen LogP contribution in [-0.2, 0) is 0 Å². The molecule has 0 amide bonds. The van der Waals surface area contributed by atoms with Gasteiger partial charge in [-0.25, -0.2) is 0 Å². The van der Waals surface area contributed by atoms with Crippen LogP contribution in [0.5, 0.6) is 0 Å². The molecule has 2 rings (SSSR count). The van der Waals surface area contributed by atoms with Gasteiger partial charge in [-0.3, -0.25) is 15.5 Å². The van der Waals surface area contributed by atoms with Crippen molar-refractivity contribution in [2.75, 3.05) is 5.43 Å². The topological polar surface area (TPSA) is 67.5 Å². The van der Waals surface area contributed by atoms with E-state index in [4.69, 9.17) is 23.2 Å². The lowest BCUT2D eigenvalue weighted by molar-refractivity contribution is -0.384. The van der Waals surface area contributed by atoms with Gasteiger partial charge >= 0.3 is 0 Å². The quantitative estimate of drug-likeness (QED) is 0.518. The van der Waals surface area contributed by atoms with Crippen molar-refractivity contribution in [2.24, 2.45) is 5.10 Å². The fraction of sp³-hybridized carbons (Fsp3) is 0. The zero-order valence-corrected chi connectivity index (χ0v) is 11.6. The average Bonchev–Trinajstić information content (AvgIpc) is 2.41. The second-order valence-electron chi connectivity index (χ2n) is 3.81. The molecule has 0 atom stereocenters. The molecule has 0 aromatic heterocycles. The summed E-state index contributed by atoms with van der Waals surface area (Å²) >= 11 is 11.8. The molecule has 0 saturated carbocycles. The molecule has 0 heterocycles. The number of nitro groups is 1. The van der Waals surface area contributed by atoms with E-state index in [0.29, 0.717) is 21.3 Å². The summed E-state index contributed by atoms with van der Waals surface area (Å²) in [7, 11) is 0. The Kier molecular flexibility index (Phi) is 4.55. The van der Waals surface area contributed by atoms with E-state index in [1.54, 1.807) is 36.4 Å². The highest BCUT2D eigenvalue weighted by atomic mass is 35.5. The van der Waals surface area contributed by atoms with Crippen molar-refractivity contribution < 1.29 is 4.92 Å². The van der Waals surface area contributed by atoms with Crippen LogP contribution in [0.2, 0.25) is 10.0 Å². The first-order chi connectivity index (χ1) is 9.58. The zero-order chi connectivity index (χ0) is 14.5. The maximum absolute atomic E-state index is 10.8. The fourth-order valence-corrected chi connectivity index (χ4v) is 1.96. The lowest BCUT2D eigenvalue weighted by atomic mass is 10.2. The molecule has 0 aliphatic heterocycles. The Morgan fingerprint density at radius 1 is 1.20 bits per heavy atom. The molecule has 0 saturated heterocycles. The highest BCUT2D eigenvalue weighted by molar-refractivity contribution is 6.36. The van der Waals surface area contributed by atoms with Crippen molar-refractivity contribution in [3.05, 3.63) is 68.2 Å². The molecule has 102 valence electrons. The number of halogens is 2. The number of hydrogen-bond donors (Lipinski definition) is 1. The van der Waals surface area contributed by atoms with Crippen LogP contribution in [-0.4, -0.2) is 11.1 Å². The van der Waals surface area contributed by atoms with Gasteiger partial charge in [-0.2, -0.15) is 5.10 Å². The summed E-state index contributed by atoms with van der Waals surface area (Å²) in [5, 5.41) is 15.7. The van der Waals surface area contributed by atoms with Gasteiger partial charge in [0, 0.05) is 16.7 Å². The molecule has 0 radical (unpaired) electrons. The lowest BCUT2D eigenvalue weighted by Gasteiger charge is -2.02. The molecule has 2 aromatic rings. The normalized spacial score (nSPS) is 10.7. The van der Waals surface area contributed by atoms with Crippen LogP contribution >= 0.6 is 23.2 Å². The first-order valence-corrected chi connectivity index (χ1v) is 6.31. The standard InChI is InChI=1S/C13H9Cl2N3O2/c14-10-6-5-9(11(15)7-10)8-16-17-12-3-1-2-4-13(12)18(19)20/h1-8,17H. The minimum Gasteiger partial charge on any atom is -0.272 e. The predicted octanol–water partition coefficient (Wildman–Crippen LogP) is 4.35. The second-order valence-corrected chi connectivity index (χ2v) is 4.65. The molecule has 2 aromatic carbocycles. The van der Waals surface area contributed by atoms with E-state index in [1.165, 1.54) is 12.3 Å². The van der Waals surface area contributed by atoms with Crippen molar-refractivity contribution in [1.29, 1.82) is 0 Å². The Morgan fingerprint density at radius 2 is 1.95 bits per heavy atom. The summed E-state index contributed by atoms with van der Waals surface area (Å²) in [6.45, 7) is 0. The highest BCUT2D eigenvalue weighted by Crippen LogP contribution is 2.23. The third kappa shape index (κ3) is 3.46. The molecule has 0 aliphatic rings. The third-order valence-electron chi connectivity index (χ3n) is 2.45. The third-order valence-corrected chi connectivity index (χ3v) is 3.01. The highest BCUT2D eigenvalue weighted by Gasteiger charge is 2.10. The average molecular weight is 310 g/mol. The molecule has 0 fully saturated rings. The minimum atomic E-state index is -0.479. The van der Waals surface area contributed by atoms with Crippen LogP contribution in [0.4, 0.5) is 11.4 Å². The first kappa shape index (κ1) is 14.3. The summed E-state index contributed by atoms with van der Waals surface area (Å²) in [6, 6.07) is 11.2. The number of hydrazone groups is 1. The summed E-state index contributed by atoms with van der Waals surface area (Å²) in [5.41, 5.74) is 3.53. The number of hydrogen-bond acceptors (Lipinski definition) is 4. The fourth-order valence-electron chi connectivity index (χ4n) is 1.50. The number of anilines is 1. The van der Waals surface area contributed by atoms with Crippen molar-refractivity contribution >= 4 is 40.8 Å². The summed E-state index contributed by atoms with van der Waals surface area (Å²) in [6.07, 6.45) is 1.47. The lowest BCUT2D eigenvalue weighted by Crippen LogP contribution is -1.96. The van der Waals surface area contributed by atoms with Crippen LogP contribution in [0.3, 0.4) is 0 Å². The van der Waals surface area contributed by atoms with E-state index in [2.05, 4.69) is 10.5 Å².